The van der Waals surface area contributed by atoms with Gasteiger partial charge in [0.25, 0.3) is 17.1 Å². The van der Waals surface area contributed by atoms with Gasteiger partial charge < -0.3 is 14.8 Å². The summed E-state index contributed by atoms with van der Waals surface area (Å²) in [6, 6.07) is 8.78. The summed E-state index contributed by atoms with van der Waals surface area (Å²) in [5.41, 5.74) is 1.07. The second-order valence-electron chi connectivity index (χ2n) is 6.58. The van der Waals surface area contributed by atoms with Crippen LogP contribution in [0.5, 0.6) is 11.5 Å². The predicted molar refractivity (Wildman–Crippen MR) is 132 cm³/mol. The molecule has 1 heterocycles. The van der Waals surface area contributed by atoms with Crippen LogP contribution in [0.4, 0.5) is 14.9 Å². The summed E-state index contributed by atoms with van der Waals surface area (Å²) < 4.78 is 25.0. The molecular formula is C23H18FIN2O5S. The summed E-state index contributed by atoms with van der Waals surface area (Å²) in [4.78, 5) is 37.9. The average molecular weight is 580 g/mol. The maximum Gasteiger partial charge on any atom is 0.294 e. The Kier molecular flexibility index (Phi) is 8.35. The second kappa shape index (κ2) is 11.2. The van der Waals surface area contributed by atoms with Crippen LogP contribution in [0.25, 0.3) is 6.08 Å². The molecule has 170 valence electrons. The maximum atomic E-state index is 13.0. The van der Waals surface area contributed by atoms with E-state index in [1.807, 2.05) is 22.6 Å². The fourth-order valence-electron chi connectivity index (χ4n) is 2.82. The van der Waals surface area contributed by atoms with Crippen LogP contribution in [0.15, 0.2) is 41.3 Å². The SMILES string of the molecule is C#CCN1C(=O)S/C(=C/c2cc(I)c(OCC(=O)Nc3ccc(F)cc3)c(OCC)c2)C1=O. The molecule has 1 fully saturated rings. The number of nitrogens with one attached hydrogen (secondary N) is 1. The van der Waals surface area contributed by atoms with Crippen molar-refractivity contribution in [2.45, 2.75) is 6.92 Å². The Hall–Kier alpha value is -3.04. The average Bonchev–Trinajstić information content (AvgIpc) is 3.02. The normalized spacial score (nSPS) is 14.4. The Morgan fingerprint density at radius 3 is 2.67 bits per heavy atom. The van der Waals surface area contributed by atoms with Crippen LogP contribution in [0.3, 0.4) is 0 Å². The second-order valence-corrected chi connectivity index (χ2v) is 8.73. The van der Waals surface area contributed by atoms with Gasteiger partial charge in [-0.3, -0.25) is 19.3 Å². The van der Waals surface area contributed by atoms with Crippen LogP contribution in [-0.4, -0.2) is 41.7 Å². The van der Waals surface area contributed by atoms with Gasteiger partial charge in [0.15, 0.2) is 18.1 Å². The number of hydrogen-bond donors (Lipinski definition) is 1. The van der Waals surface area contributed by atoms with Gasteiger partial charge in [0.05, 0.1) is 21.6 Å². The van der Waals surface area contributed by atoms with E-state index in [1.165, 1.54) is 24.3 Å². The van der Waals surface area contributed by atoms with E-state index < -0.39 is 22.9 Å². The van der Waals surface area contributed by atoms with E-state index in [-0.39, 0.29) is 18.1 Å². The predicted octanol–water partition coefficient (Wildman–Crippen LogP) is 4.52. The molecule has 1 aliphatic rings. The van der Waals surface area contributed by atoms with E-state index in [4.69, 9.17) is 15.9 Å². The molecule has 3 rings (SSSR count). The highest BCUT2D eigenvalue weighted by Gasteiger charge is 2.34. The highest BCUT2D eigenvalue weighted by molar-refractivity contribution is 14.1. The molecule has 1 saturated heterocycles. The van der Waals surface area contributed by atoms with Crippen molar-refractivity contribution in [2.24, 2.45) is 0 Å². The summed E-state index contributed by atoms with van der Waals surface area (Å²) in [6.45, 7) is 1.76. The van der Waals surface area contributed by atoms with E-state index in [0.717, 1.165) is 16.7 Å². The maximum absolute atomic E-state index is 13.0. The number of imide groups is 1. The fraction of sp³-hybridized carbons (Fsp3) is 0.174. The van der Waals surface area contributed by atoms with Crippen molar-refractivity contribution >= 4 is 63.2 Å². The van der Waals surface area contributed by atoms with Gasteiger partial charge in [-0.25, -0.2) is 4.39 Å². The van der Waals surface area contributed by atoms with Crippen molar-refractivity contribution in [2.75, 3.05) is 25.1 Å². The summed E-state index contributed by atoms with van der Waals surface area (Å²) in [7, 11) is 0. The Morgan fingerprint density at radius 1 is 1.27 bits per heavy atom. The lowest BCUT2D eigenvalue weighted by Gasteiger charge is -2.15. The van der Waals surface area contributed by atoms with Crippen molar-refractivity contribution < 1.29 is 28.2 Å². The zero-order valence-corrected chi connectivity index (χ0v) is 20.4. The van der Waals surface area contributed by atoms with Crippen LogP contribution < -0.4 is 14.8 Å². The number of thioether (sulfide) groups is 1. The molecular weight excluding hydrogens is 562 g/mol. The van der Waals surface area contributed by atoms with Crippen LogP contribution in [0.2, 0.25) is 0 Å². The van der Waals surface area contributed by atoms with Gasteiger partial charge in [-0.05, 0) is 89.3 Å². The summed E-state index contributed by atoms with van der Waals surface area (Å²) in [6.07, 6.45) is 6.80. The zero-order valence-electron chi connectivity index (χ0n) is 17.4. The minimum atomic E-state index is -0.450. The Morgan fingerprint density at radius 2 is 2.00 bits per heavy atom. The van der Waals surface area contributed by atoms with Crippen molar-refractivity contribution in [3.8, 4) is 23.8 Å². The molecule has 0 saturated carbocycles. The number of carbonyl (C=O) groups is 3. The Balaban J connectivity index is 1.76. The first kappa shape index (κ1) is 24.6. The molecule has 33 heavy (non-hydrogen) atoms. The molecule has 1 aliphatic heterocycles. The fourth-order valence-corrected chi connectivity index (χ4v) is 4.44. The number of hydrogen-bond acceptors (Lipinski definition) is 6. The first-order chi connectivity index (χ1) is 15.8. The first-order valence-corrected chi connectivity index (χ1v) is 11.5. The standard InChI is InChI=1S/C23H18FIN2O5S/c1-3-9-27-22(29)19(33-23(27)30)12-14-10-17(25)21(18(11-14)31-4-2)32-13-20(28)26-16-7-5-15(24)6-8-16/h1,5-8,10-12H,4,9,13H2,2H3,(H,26,28)/b19-12+. The van der Waals surface area contributed by atoms with E-state index in [2.05, 4.69) is 11.2 Å². The molecule has 0 bridgehead atoms. The number of ether oxygens (including phenoxy) is 2. The quantitative estimate of drug-likeness (QED) is 0.281. The number of carbonyl (C=O) groups excluding carboxylic acids is 3. The minimum absolute atomic E-state index is 0.0868. The molecule has 0 atom stereocenters. The smallest absolute Gasteiger partial charge is 0.294 e. The molecule has 0 unspecified atom stereocenters. The molecule has 0 aromatic heterocycles. The van der Waals surface area contributed by atoms with E-state index >= 15 is 0 Å². The van der Waals surface area contributed by atoms with Crippen molar-refractivity contribution in [1.82, 2.24) is 4.90 Å². The topological polar surface area (TPSA) is 84.9 Å². The third-order valence-corrected chi connectivity index (χ3v) is 5.94. The van der Waals surface area contributed by atoms with E-state index in [1.54, 1.807) is 25.1 Å². The monoisotopic (exact) mass is 580 g/mol. The van der Waals surface area contributed by atoms with Crippen molar-refractivity contribution in [3.05, 3.63) is 56.3 Å². The number of benzene rings is 2. The summed E-state index contributed by atoms with van der Waals surface area (Å²) in [5, 5.41) is 2.20. The van der Waals surface area contributed by atoms with Gasteiger partial charge >= 0.3 is 0 Å². The largest absolute Gasteiger partial charge is 0.490 e. The number of halogens is 2. The molecule has 3 amide bonds. The van der Waals surface area contributed by atoms with Crippen LogP contribution in [0, 0.1) is 21.7 Å². The lowest BCUT2D eigenvalue weighted by molar-refractivity contribution is -0.122. The molecule has 2 aromatic rings. The van der Waals surface area contributed by atoms with E-state index in [0.29, 0.717) is 32.9 Å². The number of terminal acetylenes is 1. The van der Waals surface area contributed by atoms with Gasteiger partial charge in [0.2, 0.25) is 0 Å². The highest BCUT2D eigenvalue weighted by Crippen LogP contribution is 2.37. The number of amides is 3. The Bertz CT molecular complexity index is 1160. The molecule has 0 radical (unpaired) electrons. The lowest BCUT2D eigenvalue weighted by Crippen LogP contribution is -2.28. The van der Waals surface area contributed by atoms with Crippen LogP contribution >= 0.6 is 34.4 Å². The van der Waals surface area contributed by atoms with Crippen LogP contribution in [0.1, 0.15) is 12.5 Å². The van der Waals surface area contributed by atoms with Crippen molar-refractivity contribution in [1.29, 1.82) is 0 Å². The van der Waals surface area contributed by atoms with Gasteiger partial charge in [-0.2, -0.15) is 0 Å². The molecule has 2 aromatic carbocycles. The molecule has 0 aliphatic carbocycles. The number of rotatable bonds is 8. The molecule has 1 N–H and O–H groups in total. The zero-order chi connectivity index (χ0) is 24.0. The third kappa shape index (κ3) is 6.27. The van der Waals surface area contributed by atoms with E-state index in [9.17, 15) is 18.8 Å². The number of anilines is 1. The van der Waals surface area contributed by atoms with Gasteiger partial charge in [0.1, 0.15) is 5.82 Å². The number of nitrogens with zero attached hydrogens (tertiary/aromatic N) is 1. The third-order valence-electron chi connectivity index (χ3n) is 4.23. The van der Waals surface area contributed by atoms with Gasteiger partial charge in [-0.15, -0.1) is 6.42 Å². The summed E-state index contributed by atoms with van der Waals surface area (Å²) in [5.74, 6) is 1.77. The summed E-state index contributed by atoms with van der Waals surface area (Å²) >= 11 is 2.85. The Labute approximate surface area is 207 Å². The first-order valence-electron chi connectivity index (χ1n) is 9.65. The van der Waals surface area contributed by atoms with Crippen LogP contribution in [-0.2, 0) is 9.59 Å². The molecule has 10 heteroatoms. The van der Waals surface area contributed by atoms with Crippen molar-refractivity contribution in [3.63, 3.8) is 0 Å². The molecule has 7 nitrogen and oxygen atoms in total. The lowest BCUT2D eigenvalue weighted by atomic mass is 10.2. The molecule has 0 spiro atoms. The van der Waals surface area contributed by atoms with Gasteiger partial charge in [-0.1, -0.05) is 5.92 Å². The minimum Gasteiger partial charge on any atom is -0.490 e. The highest BCUT2D eigenvalue weighted by atomic mass is 127. The van der Waals surface area contributed by atoms with Gasteiger partial charge in [0, 0.05) is 5.69 Å².